The van der Waals surface area contributed by atoms with E-state index in [2.05, 4.69) is 0 Å². The van der Waals surface area contributed by atoms with Crippen molar-refractivity contribution in [3.8, 4) is 5.75 Å². The molecule has 5 nitrogen and oxygen atoms in total. The maximum absolute atomic E-state index is 14.8. The van der Waals surface area contributed by atoms with Gasteiger partial charge in [0.05, 0.1) is 19.0 Å². The normalized spacial score (nSPS) is 10.9. The zero-order chi connectivity index (χ0) is 19.0. The lowest BCUT2D eigenvalue weighted by molar-refractivity contribution is -0.136. The number of aromatic nitrogens is 1. The molecule has 134 valence electrons. The van der Waals surface area contributed by atoms with Crippen LogP contribution >= 0.6 is 11.6 Å². The van der Waals surface area contributed by atoms with Crippen LogP contribution in [-0.2, 0) is 11.2 Å². The quantitative estimate of drug-likeness (QED) is 0.746. The number of carbonyl (C=O) groups excluding carboxylic acids is 1. The molecule has 0 aliphatic carbocycles. The van der Waals surface area contributed by atoms with Gasteiger partial charge in [0.15, 0.2) is 11.6 Å². The van der Waals surface area contributed by atoms with E-state index in [1.165, 1.54) is 17.7 Å². The minimum Gasteiger partial charge on any atom is -0.494 e. The molecule has 0 aliphatic heterocycles. The Morgan fingerprint density at radius 1 is 1.19 bits per heavy atom. The number of carbonyl (C=O) groups is 2. The van der Waals surface area contributed by atoms with Crippen LogP contribution in [0.1, 0.15) is 21.6 Å². The van der Waals surface area contributed by atoms with Gasteiger partial charge in [0.1, 0.15) is 0 Å². The number of carboxylic acids is 1. The Balaban J connectivity index is 2.30. The van der Waals surface area contributed by atoms with Crippen molar-refractivity contribution in [2.75, 3.05) is 7.11 Å². The number of benzene rings is 2. The summed E-state index contributed by atoms with van der Waals surface area (Å²) in [5, 5.41) is 9.76. The van der Waals surface area contributed by atoms with Gasteiger partial charge >= 0.3 is 5.97 Å². The molecule has 1 heterocycles. The highest BCUT2D eigenvalue weighted by molar-refractivity contribution is 6.30. The lowest BCUT2D eigenvalue weighted by Crippen LogP contribution is -2.14. The third-order valence-corrected chi connectivity index (χ3v) is 4.49. The second-order valence-corrected chi connectivity index (χ2v) is 6.19. The van der Waals surface area contributed by atoms with E-state index in [0.29, 0.717) is 16.3 Å². The third-order valence-electron chi connectivity index (χ3n) is 4.24. The molecule has 0 unspecified atom stereocenters. The van der Waals surface area contributed by atoms with E-state index in [0.717, 1.165) is 0 Å². The first-order valence-corrected chi connectivity index (χ1v) is 8.11. The van der Waals surface area contributed by atoms with E-state index in [1.807, 2.05) is 0 Å². The molecule has 0 radical (unpaired) electrons. The van der Waals surface area contributed by atoms with Crippen molar-refractivity contribution < 1.29 is 23.8 Å². The van der Waals surface area contributed by atoms with Crippen molar-refractivity contribution in [3.05, 3.63) is 64.1 Å². The average molecular weight is 376 g/mol. The van der Waals surface area contributed by atoms with Gasteiger partial charge < -0.3 is 9.84 Å². The molecule has 1 aromatic heterocycles. The van der Waals surface area contributed by atoms with Gasteiger partial charge in [-0.15, -0.1) is 0 Å². The van der Waals surface area contributed by atoms with Crippen molar-refractivity contribution in [1.29, 1.82) is 0 Å². The fraction of sp³-hybridized carbons (Fsp3) is 0.158. The zero-order valence-corrected chi connectivity index (χ0v) is 14.8. The van der Waals surface area contributed by atoms with E-state index in [4.69, 9.17) is 16.3 Å². The van der Waals surface area contributed by atoms with Gasteiger partial charge in [-0.2, -0.15) is 0 Å². The summed E-state index contributed by atoms with van der Waals surface area (Å²) in [5.41, 5.74) is 1.25. The van der Waals surface area contributed by atoms with Crippen LogP contribution in [-0.4, -0.2) is 28.7 Å². The number of halogens is 2. The molecule has 0 spiro atoms. The number of ether oxygens (including phenoxy) is 1. The summed E-state index contributed by atoms with van der Waals surface area (Å²) in [6.45, 7) is 1.60. The molecule has 0 saturated carbocycles. The minimum atomic E-state index is -1.12. The molecule has 0 amide bonds. The Hall–Kier alpha value is -2.86. The average Bonchev–Trinajstić information content (AvgIpc) is 2.87. The highest BCUT2D eigenvalue weighted by atomic mass is 35.5. The summed E-state index contributed by atoms with van der Waals surface area (Å²) >= 11 is 5.86. The minimum absolute atomic E-state index is 0.0137. The van der Waals surface area contributed by atoms with E-state index in [1.54, 1.807) is 37.3 Å². The summed E-state index contributed by atoms with van der Waals surface area (Å²) in [6, 6.07) is 9.24. The zero-order valence-electron chi connectivity index (χ0n) is 14.0. The van der Waals surface area contributed by atoms with Crippen LogP contribution in [0.3, 0.4) is 0 Å². The van der Waals surface area contributed by atoms with E-state index in [9.17, 15) is 19.1 Å². The number of fused-ring (bicyclic) bond motifs is 1. The van der Waals surface area contributed by atoms with Crippen LogP contribution < -0.4 is 4.74 Å². The number of aliphatic carboxylic acids is 1. The van der Waals surface area contributed by atoms with Crippen molar-refractivity contribution in [2.45, 2.75) is 13.3 Å². The van der Waals surface area contributed by atoms with Crippen LogP contribution in [0.5, 0.6) is 5.75 Å². The summed E-state index contributed by atoms with van der Waals surface area (Å²) in [5.74, 6) is -2.22. The molecule has 1 N–H and O–H groups in total. The fourth-order valence-corrected chi connectivity index (χ4v) is 3.15. The summed E-state index contributed by atoms with van der Waals surface area (Å²) in [6.07, 6.45) is -0.409. The highest BCUT2D eigenvalue weighted by Gasteiger charge is 2.25. The molecule has 0 fully saturated rings. The van der Waals surface area contributed by atoms with Gasteiger partial charge in [-0.1, -0.05) is 11.6 Å². The number of nitrogens with zero attached hydrogens (tertiary/aromatic N) is 1. The Morgan fingerprint density at radius 2 is 1.85 bits per heavy atom. The van der Waals surface area contributed by atoms with E-state index >= 15 is 0 Å². The number of carboxylic acid groups (broad SMARTS) is 1. The Labute approximate surface area is 153 Å². The summed E-state index contributed by atoms with van der Waals surface area (Å²) in [4.78, 5) is 24.2. The number of methoxy groups -OCH3 is 1. The van der Waals surface area contributed by atoms with Gasteiger partial charge in [-0.3, -0.25) is 14.2 Å². The maximum Gasteiger partial charge on any atom is 0.307 e. The molecular weight excluding hydrogens is 361 g/mol. The van der Waals surface area contributed by atoms with Gasteiger partial charge in [-0.25, -0.2) is 4.39 Å². The molecule has 0 aliphatic rings. The number of hydrogen-bond donors (Lipinski definition) is 1. The number of rotatable bonds is 4. The molecule has 0 bridgehead atoms. The lowest BCUT2D eigenvalue weighted by Gasteiger charge is -2.08. The van der Waals surface area contributed by atoms with Gasteiger partial charge in [0, 0.05) is 21.7 Å². The third kappa shape index (κ3) is 2.93. The van der Waals surface area contributed by atoms with Crippen molar-refractivity contribution in [2.24, 2.45) is 0 Å². The van der Waals surface area contributed by atoms with Gasteiger partial charge in [0.25, 0.3) is 5.91 Å². The first-order chi connectivity index (χ1) is 12.3. The molecule has 26 heavy (non-hydrogen) atoms. The van der Waals surface area contributed by atoms with Crippen LogP contribution in [0.25, 0.3) is 10.9 Å². The standard InChI is InChI=1S/C19H15ClFNO4/c1-10-13(9-16(23)24)17-14(7-8-15(26-2)18(17)21)22(10)19(25)11-3-5-12(20)6-4-11/h3-8H,9H2,1-2H3,(H,23,24). The van der Waals surface area contributed by atoms with E-state index in [-0.39, 0.29) is 22.2 Å². The fourth-order valence-electron chi connectivity index (χ4n) is 3.03. The first kappa shape index (κ1) is 17.9. The highest BCUT2D eigenvalue weighted by Crippen LogP contribution is 2.34. The van der Waals surface area contributed by atoms with E-state index < -0.39 is 24.1 Å². The molecule has 7 heteroatoms. The lowest BCUT2D eigenvalue weighted by atomic mass is 10.1. The SMILES string of the molecule is COc1ccc2c(c1F)c(CC(=O)O)c(C)n2C(=O)c1ccc(Cl)cc1. The summed E-state index contributed by atoms with van der Waals surface area (Å²) < 4.78 is 21.1. The molecule has 0 saturated heterocycles. The first-order valence-electron chi connectivity index (χ1n) is 7.73. The maximum atomic E-state index is 14.8. The summed E-state index contributed by atoms with van der Waals surface area (Å²) in [7, 11) is 1.32. The topological polar surface area (TPSA) is 68.5 Å². The molecule has 0 atom stereocenters. The molecule has 2 aromatic carbocycles. The van der Waals surface area contributed by atoms with Crippen LogP contribution in [0.15, 0.2) is 36.4 Å². The van der Waals surface area contributed by atoms with Crippen LogP contribution in [0.4, 0.5) is 4.39 Å². The predicted octanol–water partition coefficient (Wildman–Crippen LogP) is 4.07. The molecular formula is C19H15ClFNO4. The largest absolute Gasteiger partial charge is 0.494 e. The van der Waals surface area contributed by atoms with Crippen LogP contribution in [0, 0.1) is 12.7 Å². The van der Waals surface area contributed by atoms with Crippen molar-refractivity contribution >= 4 is 34.4 Å². The Morgan fingerprint density at radius 3 is 2.42 bits per heavy atom. The van der Waals surface area contributed by atoms with Gasteiger partial charge in [0.2, 0.25) is 0 Å². The second kappa shape index (κ2) is 6.80. The predicted molar refractivity (Wildman–Crippen MR) is 95.7 cm³/mol. The van der Waals surface area contributed by atoms with Gasteiger partial charge in [-0.05, 0) is 48.9 Å². The smallest absolute Gasteiger partial charge is 0.307 e. The van der Waals surface area contributed by atoms with Crippen molar-refractivity contribution in [3.63, 3.8) is 0 Å². The molecule has 3 aromatic rings. The number of hydrogen-bond acceptors (Lipinski definition) is 3. The Kier molecular flexibility index (Phi) is 4.70. The molecule has 3 rings (SSSR count). The van der Waals surface area contributed by atoms with Crippen LogP contribution in [0.2, 0.25) is 5.02 Å². The van der Waals surface area contributed by atoms with Crippen molar-refractivity contribution in [1.82, 2.24) is 4.57 Å². The Bertz CT molecular complexity index is 1020. The monoisotopic (exact) mass is 375 g/mol. The second-order valence-electron chi connectivity index (χ2n) is 5.76.